The first-order valence-corrected chi connectivity index (χ1v) is 6.53. The molecule has 0 bridgehead atoms. The van der Waals surface area contributed by atoms with Gasteiger partial charge in [-0.2, -0.15) is 0 Å². The highest BCUT2D eigenvalue weighted by Crippen LogP contribution is 2.23. The lowest BCUT2D eigenvalue weighted by atomic mass is 10.1. The fourth-order valence-electron chi connectivity index (χ4n) is 2.22. The van der Waals surface area contributed by atoms with Gasteiger partial charge in [-0.1, -0.05) is 18.2 Å². The van der Waals surface area contributed by atoms with Gasteiger partial charge < -0.3 is 11.1 Å². The van der Waals surface area contributed by atoms with Crippen LogP contribution in [0, 0.1) is 6.92 Å². The molecule has 0 fully saturated rings. The third-order valence-electron chi connectivity index (χ3n) is 3.17. The van der Waals surface area contributed by atoms with Gasteiger partial charge in [-0.05, 0) is 36.6 Å². The third kappa shape index (κ3) is 2.53. The SMILES string of the molecule is Cc1cccc(NC(=O)c2nccc3cccc(N)c23)n1. The number of rotatable bonds is 2. The van der Waals surface area contributed by atoms with Gasteiger partial charge in [-0.3, -0.25) is 9.78 Å². The number of aryl methyl sites for hydroxylation is 1. The van der Waals surface area contributed by atoms with Crippen LogP contribution in [-0.4, -0.2) is 15.9 Å². The Balaban J connectivity index is 2.02. The van der Waals surface area contributed by atoms with Crippen LogP contribution < -0.4 is 11.1 Å². The second-order valence-corrected chi connectivity index (χ2v) is 4.72. The van der Waals surface area contributed by atoms with E-state index in [-0.39, 0.29) is 5.91 Å². The molecular formula is C16H14N4O. The first-order chi connectivity index (χ1) is 10.1. The summed E-state index contributed by atoms with van der Waals surface area (Å²) in [5.74, 6) is 0.171. The van der Waals surface area contributed by atoms with E-state index in [9.17, 15) is 4.79 Å². The number of amides is 1. The molecule has 0 unspecified atom stereocenters. The van der Waals surface area contributed by atoms with Gasteiger partial charge in [-0.25, -0.2) is 4.98 Å². The molecule has 2 heterocycles. The Labute approximate surface area is 121 Å². The first kappa shape index (κ1) is 13.1. The number of pyridine rings is 2. The predicted molar refractivity (Wildman–Crippen MR) is 83.1 cm³/mol. The number of carbonyl (C=O) groups is 1. The van der Waals surface area contributed by atoms with Gasteiger partial charge in [0.15, 0.2) is 0 Å². The number of benzene rings is 1. The second-order valence-electron chi connectivity index (χ2n) is 4.72. The number of anilines is 2. The number of nitrogen functional groups attached to an aromatic ring is 1. The van der Waals surface area contributed by atoms with Crippen molar-refractivity contribution >= 4 is 28.2 Å². The number of nitrogens with two attached hydrogens (primary N) is 1. The van der Waals surface area contributed by atoms with Gasteiger partial charge in [0, 0.05) is 23.0 Å². The molecule has 0 aliphatic heterocycles. The highest BCUT2D eigenvalue weighted by Gasteiger charge is 2.14. The minimum atomic E-state index is -0.323. The van der Waals surface area contributed by atoms with Crippen molar-refractivity contribution in [3.63, 3.8) is 0 Å². The zero-order valence-corrected chi connectivity index (χ0v) is 11.5. The number of aromatic nitrogens is 2. The van der Waals surface area contributed by atoms with Crippen molar-refractivity contribution < 1.29 is 4.79 Å². The van der Waals surface area contributed by atoms with Gasteiger partial charge in [0.05, 0.1) is 0 Å². The van der Waals surface area contributed by atoms with Crippen LogP contribution in [0.25, 0.3) is 10.8 Å². The Morgan fingerprint density at radius 1 is 1.14 bits per heavy atom. The third-order valence-corrected chi connectivity index (χ3v) is 3.17. The van der Waals surface area contributed by atoms with Crippen molar-refractivity contribution in [2.75, 3.05) is 11.1 Å². The fourth-order valence-corrected chi connectivity index (χ4v) is 2.22. The van der Waals surface area contributed by atoms with E-state index < -0.39 is 0 Å². The molecule has 104 valence electrons. The molecule has 1 amide bonds. The molecule has 0 saturated carbocycles. The van der Waals surface area contributed by atoms with Crippen LogP contribution >= 0.6 is 0 Å². The minimum Gasteiger partial charge on any atom is -0.398 e. The van der Waals surface area contributed by atoms with Crippen LogP contribution in [0.5, 0.6) is 0 Å². The van der Waals surface area contributed by atoms with Crippen LogP contribution in [0.15, 0.2) is 48.7 Å². The monoisotopic (exact) mass is 278 g/mol. The fraction of sp³-hybridized carbons (Fsp3) is 0.0625. The summed E-state index contributed by atoms with van der Waals surface area (Å²) in [5.41, 5.74) is 7.64. The number of hydrogen-bond donors (Lipinski definition) is 2. The molecule has 0 aliphatic carbocycles. The lowest BCUT2D eigenvalue weighted by molar-refractivity contribution is 0.102. The Kier molecular flexibility index (Phi) is 3.23. The topological polar surface area (TPSA) is 80.9 Å². The number of hydrogen-bond acceptors (Lipinski definition) is 4. The van der Waals surface area contributed by atoms with Gasteiger partial charge >= 0.3 is 0 Å². The number of carbonyl (C=O) groups excluding carboxylic acids is 1. The Hall–Kier alpha value is -2.95. The molecule has 0 spiro atoms. The summed E-state index contributed by atoms with van der Waals surface area (Å²) in [7, 11) is 0. The molecule has 0 atom stereocenters. The second kappa shape index (κ2) is 5.20. The van der Waals surface area contributed by atoms with E-state index >= 15 is 0 Å². The zero-order valence-electron chi connectivity index (χ0n) is 11.5. The zero-order chi connectivity index (χ0) is 14.8. The standard InChI is InChI=1S/C16H14N4O/c1-10-4-2-7-13(19-10)20-16(21)15-14-11(8-9-18-15)5-3-6-12(14)17/h2-9H,17H2,1H3,(H,19,20,21). The molecule has 0 saturated heterocycles. The summed E-state index contributed by atoms with van der Waals surface area (Å²) in [5, 5.41) is 4.29. The number of nitrogens with one attached hydrogen (secondary N) is 1. The Morgan fingerprint density at radius 3 is 2.76 bits per heavy atom. The average molecular weight is 278 g/mol. The maximum atomic E-state index is 12.4. The molecule has 0 radical (unpaired) electrons. The van der Waals surface area contributed by atoms with Crippen LogP contribution in [0.2, 0.25) is 0 Å². The number of fused-ring (bicyclic) bond motifs is 1. The van der Waals surface area contributed by atoms with Gasteiger partial charge in [0.2, 0.25) is 0 Å². The van der Waals surface area contributed by atoms with E-state index in [1.807, 2.05) is 37.3 Å². The van der Waals surface area contributed by atoms with E-state index in [0.29, 0.717) is 22.6 Å². The Morgan fingerprint density at radius 2 is 1.95 bits per heavy atom. The minimum absolute atomic E-state index is 0.300. The highest BCUT2D eigenvalue weighted by molar-refractivity contribution is 6.14. The van der Waals surface area contributed by atoms with E-state index in [0.717, 1.165) is 11.1 Å². The molecule has 2 aromatic heterocycles. The molecular weight excluding hydrogens is 264 g/mol. The molecule has 1 aromatic carbocycles. The van der Waals surface area contributed by atoms with Crippen LogP contribution in [0.1, 0.15) is 16.2 Å². The van der Waals surface area contributed by atoms with E-state index in [4.69, 9.17) is 5.73 Å². The summed E-state index contributed by atoms with van der Waals surface area (Å²) in [6, 6.07) is 12.8. The lowest BCUT2D eigenvalue weighted by Crippen LogP contribution is -2.15. The largest absolute Gasteiger partial charge is 0.398 e. The van der Waals surface area contributed by atoms with Gasteiger partial charge in [-0.15, -0.1) is 0 Å². The lowest BCUT2D eigenvalue weighted by Gasteiger charge is -2.08. The Bertz CT molecular complexity index is 824. The normalized spacial score (nSPS) is 10.5. The maximum absolute atomic E-state index is 12.4. The van der Waals surface area contributed by atoms with Crippen molar-refractivity contribution in [3.05, 3.63) is 60.0 Å². The molecule has 5 heteroatoms. The van der Waals surface area contributed by atoms with Crippen molar-refractivity contribution in [1.82, 2.24) is 9.97 Å². The van der Waals surface area contributed by atoms with E-state index in [2.05, 4.69) is 15.3 Å². The van der Waals surface area contributed by atoms with Crippen molar-refractivity contribution in [2.45, 2.75) is 6.92 Å². The van der Waals surface area contributed by atoms with Gasteiger partial charge in [0.1, 0.15) is 11.5 Å². The van der Waals surface area contributed by atoms with E-state index in [1.54, 1.807) is 18.3 Å². The van der Waals surface area contributed by atoms with Crippen LogP contribution in [-0.2, 0) is 0 Å². The number of nitrogens with zero attached hydrogens (tertiary/aromatic N) is 2. The molecule has 21 heavy (non-hydrogen) atoms. The summed E-state index contributed by atoms with van der Waals surface area (Å²) in [4.78, 5) is 20.8. The average Bonchev–Trinajstić information content (AvgIpc) is 2.47. The highest BCUT2D eigenvalue weighted by atomic mass is 16.1. The summed E-state index contributed by atoms with van der Waals surface area (Å²) in [6.45, 7) is 1.86. The molecule has 3 aromatic rings. The molecule has 5 nitrogen and oxygen atoms in total. The summed E-state index contributed by atoms with van der Waals surface area (Å²) >= 11 is 0. The molecule has 3 N–H and O–H groups in total. The van der Waals surface area contributed by atoms with Crippen LogP contribution in [0.4, 0.5) is 11.5 Å². The molecule has 0 aliphatic rings. The van der Waals surface area contributed by atoms with Crippen molar-refractivity contribution in [3.8, 4) is 0 Å². The first-order valence-electron chi connectivity index (χ1n) is 6.53. The van der Waals surface area contributed by atoms with Crippen molar-refractivity contribution in [2.24, 2.45) is 0 Å². The summed E-state index contributed by atoms with van der Waals surface area (Å²) < 4.78 is 0. The van der Waals surface area contributed by atoms with E-state index in [1.165, 1.54) is 0 Å². The summed E-state index contributed by atoms with van der Waals surface area (Å²) in [6.07, 6.45) is 1.60. The maximum Gasteiger partial charge on any atom is 0.276 e. The predicted octanol–water partition coefficient (Wildman–Crippen LogP) is 2.77. The molecule has 3 rings (SSSR count). The van der Waals surface area contributed by atoms with Crippen LogP contribution in [0.3, 0.4) is 0 Å². The van der Waals surface area contributed by atoms with Gasteiger partial charge in [0.25, 0.3) is 5.91 Å². The quantitative estimate of drug-likeness (QED) is 0.706. The van der Waals surface area contributed by atoms with Crippen molar-refractivity contribution in [1.29, 1.82) is 0 Å². The smallest absolute Gasteiger partial charge is 0.276 e.